The molecule has 0 fully saturated rings. The third-order valence-electron chi connectivity index (χ3n) is 8.78. The Hall–Kier alpha value is -5.23. The Morgan fingerprint density at radius 3 is 1.60 bits per heavy atom. The lowest BCUT2D eigenvalue weighted by molar-refractivity contribution is 0.597. The van der Waals surface area contributed by atoms with Crippen molar-refractivity contribution in [1.82, 2.24) is 0 Å². The molecule has 45 heavy (non-hydrogen) atoms. The van der Waals surface area contributed by atoms with Gasteiger partial charge in [0.25, 0.3) is 10.0 Å². The lowest BCUT2D eigenvalue weighted by Gasteiger charge is -2.26. The number of hydrogen-bond acceptors (Lipinski definition) is 3. The zero-order chi connectivity index (χ0) is 30.1. The molecule has 9 rings (SSSR count). The summed E-state index contributed by atoms with van der Waals surface area (Å²) in [6.45, 7) is 0. The van der Waals surface area contributed by atoms with Gasteiger partial charge in [0.05, 0.1) is 16.3 Å². The minimum Gasteiger partial charge on any atom is -0.234 e. The van der Waals surface area contributed by atoms with E-state index in [1.54, 1.807) is 11.3 Å². The predicted molar refractivity (Wildman–Crippen MR) is 192 cm³/mol. The highest BCUT2D eigenvalue weighted by molar-refractivity contribution is 7.93. The summed E-state index contributed by atoms with van der Waals surface area (Å²) in [6.07, 6.45) is 0. The molecule has 0 spiro atoms. The Bertz CT molecular complexity index is 2670. The summed E-state index contributed by atoms with van der Waals surface area (Å²) in [5.41, 5.74) is 1.19. The number of rotatable bonds is 4. The fourth-order valence-electron chi connectivity index (χ4n) is 6.68. The van der Waals surface area contributed by atoms with Crippen LogP contribution in [0.15, 0.2) is 157 Å². The van der Waals surface area contributed by atoms with E-state index in [4.69, 9.17) is 0 Å². The normalized spacial score (nSPS) is 12.2. The van der Waals surface area contributed by atoms with E-state index in [2.05, 4.69) is 42.5 Å². The van der Waals surface area contributed by atoms with Crippen LogP contribution in [0.1, 0.15) is 0 Å². The second-order valence-electron chi connectivity index (χ2n) is 11.4. The van der Waals surface area contributed by atoms with E-state index in [0.717, 1.165) is 42.4 Å². The highest BCUT2D eigenvalue weighted by Gasteiger charge is 2.30. The topological polar surface area (TPSA) is 37.4 Å². The van der Waals surface area contributed by atoms with E-state index in [1.807, 2.05) is 109 Å². The van der Waals surface area contributed by atoms with Crippen molar-refractivity contribution in [2.45, 2.75) is 4.90 Å². The molecule has 0 radical (unpaired) electrons. The third kappa shape index (κ3) is 4.05. The van der Waals surface area contributed by atoms with E-state index in [1.165, 1.54) is 19.8 Å². The molecule has 8 aromatic carbocycles. The molecule has 3 nitrogen and oxygen atoms in total. The van der Waals surface area contributed by atoms with Crippen LogP contribution in [0.3, 0.4) is 0 Å². The smallest absolute Gasteiger partial charge is 0.234 e. The van der Waals surface area contributed by atoms with E-state index < -0.39 is 10.0 Å². The Morgan fingerprint density at radius 2 is 0.956 bits per heavy atom. The van der Waals surface area contributed by atoms with Gasteiger partial charge in [-0.2, -0.15) is 0 Å². The van der Waals surface area contributed by atoms with Gasteiger partial charge in [-0.1, -0.05) is 121 Å². The van der Waals surface area contributed by atoms with Crippen LogP contribution in [0.4, 0.5) is 11.4 Å². The summed E-state index contributed by atoms with van der Waals surface area (Å²) in [7, 11) is -4.10. The highest BCUT2D eigenvalue weighted by atomic mass is 32.2. The highest BCUT2D eigenvalue weighted by Crippen LogP contribution is 2.45. The number of benzene rings is 8. The molecule has 0 unspecified atom stereocenters. The molecule has 0 saturated carbocycles. The Labute approximate surface area is 264 Å². The van der Waals surface area contributed by atoms with Crippen LogP contribution in [0, 0.1) is 0 Å². The average molecular weight is 616 g/mol. The number of nitrogens with zero attached hydrogens (tertiary/aromatic N) is 1. The van der Waals surface area contributed by atoms with Gasteiger partial charge in [0.15, 0.2) is 0 Å². The van der Waals surface area contributed by atoms with Crippen molar-refractivity contribution in [1.29, 1.82) is 0 Å². The molecule has 0 aliphatic heterocycles. The SMILES string of the molecule is O=S(=O)(c1cc2sc3c4ccccc4ccc3c2c2ccccc12)N(c1ccc2ccccc2c1)c1ccc2ccccc2c1. The number of anilines is 2. The summed E-state index contributed by atoms with van der Waals surface area (Å²) in [4.78, 5) is 0.294. The molecule has 0 aliphatic rings. The van der Waals surface area contributed by atoms with Crippen LogP contribution in [-0.2, 0) is 10.0 Å². The first-order chi connectivity index (χ1) is 22.1. The first kappa shape index (κ1) is 26.2. The second-order valence-corrected chi connectivity index (χ2v) is 14.2. The fourth-order valence-corrected chi connectivity index (χ4v) is 9.75. The maximum atomic E-state index is 15.2. The Kier molecular flexibility index (Phi) is 5.76. The number of fused-ring (bicyclic) bond motifs is 9. The zero-order valence-electron chi connectivity index (χ0n) is 24.0. The molecule has 0 aliphatic carbocycles. The van der Waals surface area contributed by atoms with Gasteiger partial charge in [-0.25, -0.2) is 12.7 Å². The monoisotopic (exact) mass is 615 g/mol. The molecule has 9 aromatic rings. The molecule has 0 bridgehead atoms. The minimum absolute atomic E-state index is 0.294. The largest absolute Gasteiger partial charge is 0.269 e. The summed E-state index contributed by atoms with van der Waals surface area (Å²) in [5.74, 6) is 0. The first-order valence-electron chi connectivity index (χ1n) is 14.8. The standard InChI is InChI=1S/C40H25NO2S2/c42-45(43,41(31-20-17-26-9-1-3-12-29(26)23-31)32-21-18-27-10-2-4-13-30(27)24-32)38-25-37-39(35-16-8-7-15-34(35)38)36-22-19-28-11-5-6-14-33(28)40(36)44-37/h1-25H. The number of sulfonamides is 1. The predicted octanol–water partition coefficient (Wildman–Crippen LogP) is 11.2. The number of thiophene rings is 1. The van der Waals surface area contributed by atoms with Gasteiger partial charge >= 0.3 is 0 Å². The van der Waals surface area contributed by atoms with Crippen LogP contribution in [0.25, 0.3) is 63.3 Å². The lowest BCUT2D eigenvalue weighted by atomic mass is 10.0. The van der Waals surface area contributed by atoms with Gasteiger partial charge in [0, 0.05) is 25.6 Å². The van der Waals surface area contributed by atoms with Crippen LogP contribution < -0.4 is 4.31 Å². The van der Waals surface area contributed by atoms with Crippen molar-refractivity contribution >= 4 is 96.0 Å². The molecular weight excluding hydrogens is 591 g/mol. The third-order valence-corrected chi connectivity index (χ3v) is 11.8. The molecule has 214 valence electrons. The van der Waals surface area contributed by atoms with Gasteiger partial charge in [0.2, 0.25) is 0 Å². The average Bonchev–Trinajstić information content (AvgIpc) is 3.47. The molecular formula is C40H25NO2S2. The van der Waals surface area contributed by atoms with Gasteiger partial charge in [-0.15, -0.1) is 11.3 Å². The summed E-state index contributed by atoms with van der Waals surface area (Å²) < 4.78 is 34.1. The van der Waals surface area contributed by atoms with Gasteiger partial charge < -0.3 is 0 Å². The van der Waals surface area contributed by atoms with Gasteiger partial charge in [-0.3, -0.25) is 0 Å². The molecule has 1 heterocycles. The molecule has 5 heteroatoms. The lowest BCUT2D eigenvalue weighted by Crippen LogP contribution is -2.26. The fraction of sp³-hybridized carbons (Fsp3) is 0. The van der Waals surface area contributed by atoms with Crippen molar-refractivity contribution < 1.29 is 8.42 Å². The Balaban J connectivity index is 1.35. The van der Waals surface area contributed by atoms with E-state index in [-0.39, 0.29) is 0 Å². The van der Waals surface area contributed by atoms with Crippen molar-refractivity contribution in [3.63, 3.8) is 0 Å². The zero-order valence-corrected chi connectivity index (χ0v) is 25.6. The van der Waals surface area contributed by atoms with E-state index in [9.17, 15) is 0 Å². The minimum atomic E-state index is -4.10. The summed E-state index contributed by atoms with van der Waals surface area (Å²) in [6, 6.07) is 50.3. The Morgan fingerprint density at radius 1 is 0.444 bits per heavy atom. The maximum Gasteiger partial charge on any atom is 0.269 e. The summed E-state index contributed by atoms with van der Waals surface area (Å²) >= 11 is 1.66. The molecule has 1 aromatic heterocycles. The van der Waals surface area contributed by atoms with Crippen molar-refractivity contribution in [2.75, 3.05) is 4.31 Å². The van der Waals surface area contributed by atoms with Crippen molar-refractivity contribution in [3.8, 4) is 0 Å². The van der Waals surface area contributed by atoms with Crippen LogP contribution in [0.2, 0.25) is 0 Å². The maximum absolute atomic E-state index is 15.2. The van der Waals surface area contributed by atoms with E-state index >= 15 is 8.42 Å². The van der Waals surface area contributed by atoms with Gasteiger partial charge in [-0.05, 0) is 68.0 Å². The van der Waals surface area contributed by atoms with E-state index in [0.29, 0.717) is 21.7 Å². The molecule has 0 N–H and O–H groups in total. The molecule has 0 amide bonds. The number of hydrogen-bond donors (Lipinski definition) is 0. The van der Waals surface area contributed by atoms with Crippen LogP contribution >= 0.6 is 11.3 Å². The first-order valence-corrected chi connectivity index (χ1v) is 17.1. The van der Waals surface area contributed by atoms with Crippen LogP contribution in [-0.4, -0.2) is 8.42 Å². The summed E-state index contributed by atoms with van der Waals surface area (Å²) in [5, 5.41) is 10.3. The van der Waals surface area contributed by atoms with Crippen molar-refractivity contribution in [2.24, 2.45) is 0 Å². The van der Waals surface area contributed by atoms with Gasteiger partial charge in [0.1, 0.15) is 0 Å². The molecule has 0 atom stereocenters. The second kappa shape index (κ2) is 9.89. The molecule has 0 saturated heterocycles. The van der Waals surface area contributed by atoms with Crippen molar-refractivity contribution in [3.05, 3.63) is 152 Å². The van der Waals surface area contributed by atoms with Crippen LogP contribution in [0.5, 0.6) is 0 Å². The quantitative estimate of drug-likeness (QED) is 0.197.